The maximum atomic E-state index is 10.1. The Morgan fingerprint density at radius 1 is 1.36 bits per heavy atom. The summed E-state index contributed by atoms with van der Waals surface area (Å²) in [5, 5.41) is 13.5. The molecule has 0 unspecified atom stereocenters. The third kappa shape index (κ3) is 2.45. The third-order valence-corrected chi connectivity index (χ3v) is 3.32. The molecular formula is C10H20N2O2. The number of hydrogen-bond donors (Lipinski definition) is 3. The van der Waals surface area contributed by atoms with Crippen LogP contribution in [0.5, 0.6) is 0 Å². The number of aliphatic hydroxyl groups is 1. The summed E-state index contributed by atoms with van der Waals surface area (Å²) in [5.74, 6) is 0. The summed E-state index contributed by atoms with van der Waals surface area (Å²) in [4.78, 5) is 0. The van der Waals surface area contributed by atoms with E-state index in [9.17, 15) is 5.11 Å². The SMILES string of the molecule is NC1CC(NCC2(O)CCOCC2)C1. The van der Waals surface area contributed by atoms with E-state index in [0.717, 1.165) is 25.7 Å². The van der Waals surface area contributed by atoms with Gasteiger partial charge in [0.05, 0.1) is 5.60 Å². The van der Waals surface area contributed by atoms with Gasteiger partial charge in [-0.05, 0) is 12.8 Å². The molecule has 82 valence electrons. The van der Waals surface area contributed by atoms with Crippen molar-refractivity contribution in [3.05, 3.63) is 0 Å². The van der Waals surface area contributed by atoms with Crippen LogP contribution < -0.4 is 11.1 Å². The van der Waals surface area contributed by atoms with Crippen molar-refractivity contribution in [2.45, 2.75) is 43.4 Å². The normalized spacial score (nSPS) is 36.4. The van der Waals surface area contributed by atoms with Gasteiger partial charge in [0, 0.05) is 44.7 Å². The van der Waals surface area contributed by atoms with Gasteiger partial charge in [-0.1, -0.05) is 0 Å². The zero-order chi connectivity index (χ0) is 10.0. The van der Waals surface area contributed by atoms with Crippen LogP contribution in [-0.2, 0) is 4.74 Å². The van der Waals surface area contributed by atoms with Crippen molar-refractivity contribution in [3.8, 4) is 0 Å². The molecule has 2 rings (SSSR count). The third-order valence-electron chi connectivity index (χ3n) is 3.32. The molecule has 4 heteroatoms. The van der Waals surface area contributed by atoms with E-state index >= 15 is 0 Å². The standard InChI is InChI=1S/C10H20N2O2/c11-8-5-9(6-8)12-7-10(13)1-3-14-4-2-10/h8-9,12-13H,1-7,11H2. The molecule has 2 fully saturated rings. The molecule has 0 radical (unpaired) electrons. The van der Waals surface area contributed by atoms with E-state index in [0.29, 0.717) is 31.8 Å². The number of nitrogens with two attached hydrogens (primary N) is 1. The van der Waals surface area contributed by atoms with Gasteiger partial charge in [-0.15, -0.1) is 0 Å². The van der Waals surface area contributed by atoms with E-state index in [-0.39, 0.29) is 0 Å². The molecule has 2 aliphatic rings. The van der Waals surface area contributed by atoms with Crippen LogP contribution in [0, 0.1) is 0 Å². The maximum Gasteiger partial charge on any atom is 0.0815 e. The Labute approximate surface area is 84.8 Å². The molecule has 0 bridgehead atoms. The lowest BCUT2D eigenvalue weighted by molar-refractivity contribution is -0.0640. The second kappa shape index (κ2) is 4.14. The fraction of sp³-hybridized carbons (Fsp3) is 1.00. The summed E-state index contributed by atoms with van der Waals surface area (Å²) < 4.78 is 5.22. The Kier molecular flexibility index (Phi) is 3.07. The minimum Gasteiger partial charge on any atom is -0.388 e. The van der Waals surface area contributed by atoms with Gasteiger partial charge in [0.1, 0.15) is 0 Å². The van der Waals surface area contributed by atoms with E-state index in [4.69, 9.17) is 10.5 Å². The minimum atomic E-state index is -0.544. The molecule has 1 saturated heterocycles. The molecule has 0 spiro atoms. The Balaban J connectivity index is 1.68. The number of hydrogen-bond acceptors (Lipinski definition) is 4. The van der Waals surface area contributed by atoms with Crippen LogP contribution in [0.4, 0.5) is 0 Å². The number of rotatable bonds is 3. The van der Waals surface area contributed by atoms with Gasteiger partial charge in [0.15, 0.2) is 0 Å². The quantitative estimate of drug-likeness (QED) is 0.580. The molecule has 14 heavy (non-hydrogen) atoms. The first-order valence-corrected chi connectivity index (χ1v) is 5.47. The van der Waals surface area contributed by atoms with Gasteiger partial charge in [-0.25, -0.2) is 0 Å². The zero-order valence-corrected chi connectivity index (χ0v) is 8.54. The fourth-order valence-electron chi connectivity index (χ4n) is 2.09. The largest absolute Gasteiger partial charge is 0.388 e. The van der Waals surface area contributed by atoms with E-state index in [1.54, 1.807) is 0 Å². The van der Waals surface area contributed by atoms with Crippen LogP contribution in [0.3, 0.4) is 0 Å². The highest BCUT2D eigenvalue weighted by Crippen LogP contribution is 2.22. The van der Waals surface area contributed by atoms with Crippen LogP contribution in [0.15, 0.2) is 0 Å². The summed E-state index contributed by atoms with van der Waals surface area (Å²) in [6.45, 7) is 2.05. The molecule has 0 aromatic carbocycles. The first kappa shape index (κ1) is 10.4. The molecule has 0 amide bonds. The lowest BCUT2D eigenvalue weighted by atomic mass is 9.86. The molecule has 1 aliphatic heterocycles. The summed E-state index contributed by atoms with van der Waals surface area (Å²) in [6, 6.07) is 0.897. The van der Waals surface area contributed by atoms with Crippen molar-refractivity contribution >= 4 is 0 Å². The Morgan fingerprint density at radius 2 is 2.00 bits per heavy atom. The van der Waals surface area contributed by atoms with Gasteiger partial charge in [0.25, 0.3) is 0 Å². The topological polar surface area (TPSA) is 67.5 Å². The number of ether oxygens (including phenoxy) is 1. The van der Waals surface area contributed by atoms with Gasteiger partial charge in [-0.2, -0.15) is 0 Å². The van der Waals surface area contributed by atoms with Crippen molar-refractivity contribution in [1.29, 1.82) is 0 Å². The number of nitrogens with one attached hydrogen (secondary N) is 1. The average Bonchev–Trinajstić information content (AvgIpc) is 2.12. The van der Waals surface area contributed by atoms with E-state index in [2.05, 4.69) is 5.32 Å². The molecule has 0 aromatic rings. The smallest absolute Gasteiger partial charge is 0.0815 e. The second-order valence-corrected chi connectivity index (χ2v) is 4.65. The van der Waals surface area contributed by atoms with Crippen molar-refractivity contribution in [1.82, 2.24) is 5.32 Å². The minimum absolute atomic E-state index is 0.372. The van der Waals surface area contributed by atoms with Crippen molar-refractivity contribution < 1.29 is 9.84 Å². The molecule has 1 heterocycles. The molecule has 1 saturated carbocycles. The fourth-order valence-corrected chi connectivity index (χ4v) is 2.09. The van der Waals surface area contributed by atoms with Gasteiger partial charge >= 0.3 is 0 Å². The lowest BCUT2D eigenvalue weighted by Gasteiger charge is -2.38. The molecule has 4 N–H and O–H groups in total. The van der Waals surface area contributed by atoms with E-state index in [1.807, 2.05) is 0 Å². The van der Waals surface area contributed by atoms with Gasteiger partial charge < -0.3 is 20.9 Å². The first-order chi connectivity index (χ1) is 6.68. The summed E-state index contributed by atoms with van der Waals surface area (Å²) in [5.41, 5.74) is 5.14. The Hall–Kier alpha value is -0.160. The zero-order valence-electron chi connectivity index (χ0n) is 8.54. The highest BCUT2D eigenvalue weighted by molar-refractivity contribution is 4.91. The van der Waals surface area contributed by atoms with Crippen molar-refractivity contribution in [2.24, 2.45) is 5.73 Å². The summed E-state index contributed by atoms with van der Waals surface area (Å²) in [7, 11) is 0. The van der Waals surface area contributed by atoms with Crippen LogP contribution in [0.1, 0.15) is 25.7 Å². The molecule has 0 atom stereocenters. The van der Waals surface area contributed by atoms with Crippen LogP contribution in [-0.4, -0.2) is 42.5 Å². The van der Waals surface area contributed by atoms with Crippen LogP contribution >= 0.6 is 0 Å². The van der Waals surface area contributed by atoms with Crippen LogP contribution in [0.2, 0.25) is 0 Å². The average molecular weight is 200 g/mol. The predicted octanol–water partition coefficient (Wildman–Crippen LogP) is -0.393. The molecule has 1 aliphatic carbocycles. The highest BCUT2D eigenvalue weighted by atomic mass is 16.5. The summed E-state index contributed by atoms with van der Waals surface area (Å²) in [6.07, 6.45) is 3.59. The molecule has 0 aromatic heterocycles. The molecular weight excluding hydrogens is 180 g/mol. The highest BCUT2D eigenvalue weighted by Gasteiger charge is 2.32. The maximum absolute atomic E-state index is 10.1. The Morgan fingerprint density at radius 3 is 2.57 bits per heavy atom. The predicted molar refractivity (Wildman–Crippen MR) is 54.0 cm³/mol. The van der Waals surface area contributed by atoms with Gasteiger partial charge in [0.2, 0.25) is 0 Å². The Bertz CT molecular complexity index is 187. The van der Waals surface area contributed by atoms with Crippen LogP contribution in [0.25, 0.3) is 0 Å². The first-order valence-electron chi connectivity index (χ1n) is 5.47. The monoisotopic (exact) mass is 200 g/mol. The van der Waals surface area contributed by atoms with Crippen molar-refractivity contribution in [2.75, 3.05) is 19.8 Å². The summed E-state index contributed by atoms with van der Waals surface area (Å²) >= 11 is 0. The van der Waals surface area contributed by atoms with E-state index in [1.165, 1.54) is 0 Å². The second-order valence-electron chi connectivity index (χ2n) is 4.65. The lowest BCUT2D eigenvalue weighted by Crippen LogP contribution is -2.54. The van der Waals surface area contributed by atoms with Crippen molar-refractivity contribution in [3.63, 3.8) is 0 Å². The van der Waals surface area contributed by atoms with Gasteiger partial charge in [-0.3, -0.25) is 0 Å². The van der Waals surface area contributed by atoms with E-state index < -0.39 is 5.60 Å². The molecule has 4 nitrogen and oxygen atoms in total.